The molecule has 0 bridgehead atoms. The Labute approximate surface area is 88.4 Å². The first-order chi connectivity index (χ1) is 6.29. The van der Waals surface area contributed by atoms with Crippen LogP contribution in [-0.2, 0) is 0 Å². The maximum Gasteiger partial charge on any atom is 0.574 e. The van der Waals surface area contributed by atoms with E-state index < -0.39 is 12.2 Å². The van der Waals surface area contributed by atoms with Gasteiger partial charge in [0.2, 0.25) is 5.88 Å². The molecule has 0 atom stereocenters. The van der Waals surface area contributed by atoms with E-state index in [4.69, 9.17) is 11.6 Å². The maximum absolute atomic E-state index is 11.8. The normalized spacial score (nSPS) is 11.6. The van der Waals surface area contributed by atoms with E-state index in [0.717, 1.165) is 0 Å². The molecule has 0 amide bonds. The Morgan fingerprint density at radius 1 is 1.50 bits per heavy atom. The number of rotatable bonds is 1. The second-order valence-electron chi connectivity index (χ2n) is 2.47. The molecular formula is C7H5ClF3NOS. The van der Waals surface area contributed by atoms with Gasteiger partial charge in [0, 0.05) is 0 Å². The van der Waals surface area contributed by atoms with Gasteiger partial charge in [0.15, 0.2) is 0 Å². The fraction of sp³-hybridized carbons (Fsp3) is 0.286. The molecule has 0 N–H and O–H groups in total. The zero-order chi connectivity index (χ0) is 10.9. The molecule has 1 rings (SSSR count). The van der Waals surface area contributed by atoms with Gasteiger partial charge in [-0.3, -0.25) is 0 Å². The van der Waals surface area contributed by atoms with Crippen LogP contribution in [0.25, 0.3) is 0 Å². The minimum atomic E-state index is -4.79. The van der Waals surface area contributed by atoms with E-state index in [1.807, 2.05) is 0 Å². The summed E-state index contributed by atoms with van der Waals surface area (Å²) in [6.07, 6.45) is -4.79. The summed E-state index contributed by atoms with van der Waals surface area (Å²) in [4.78, 5) is 3.39. The van der Waals surface area contributed by atoms with Crippen LogP contribution < -0.4 is 4.74 Å². The Morgan fingerprint density at radius 3 is 2.57 bits per heavy atom. The number of aromatic nitrogens is 1. The predicted octanol–water partition coefficient (Wildman–Crippen LogP) is 3.23. The van der Waals surface area contributed by atoms with Crippen LogP contribution in [-0.4, -0.2) is 11.3 Å². The first-order valence-corrected chi connectivity index (χ1v) is 4.24. The predicted molar refractivity (Wildman–Crippen MR) is 47.9 cm³/mol. The molecule has 0 fully saturated rings. The van der Waals surface area contributed by atoms with E-state index in [-0.39, 0.29) is 10.0 Å². The van der Waals surface area contributed by atoms with Gasteiger partial charge in [0.1, 0.15) is 5.15 Å². The number of nitrogens with zero attached hydrogens (tertiary/aromatic N) is 1. The van der Waals surface area contributed by atoms with Crippen LogP contribution in [0.3, 0.4) is 0 Å². The van der Waals surface area contributed by atoms with Crippen molar-refractivity contribution in [3.05, 3.63) is 16.8 Å². The molecule has 14 heavy (non-hydrogen) atoms. The van der Waals surface area contributed by atoms with Crippen molar-refractivity contribution in [2.45, 2.75) is 18.2 Å². The van der Waals surface area contributed by atoms with Gasteiger partial charge in [-0.25, -0.2) is 4.98 Å². The van der Waals surface area contributed by atoms with Crippen LogP contribution in [0, 0.1) is 6.92 Å². The quantitative estimate of drug-likeness (QED) is 0.604. The number of alkyl halides is 3. The lowest BCUT2D eigenvalue weighted by Gasteiger charge is -2.10. The van der Waals surface area contributed by atoms with Gasteiger partial charge in [-0.1, -0.05) is 11.6 Å². The highest BCUT2D eigenvalue weighted by Crippen LogP contribution is 2.29. The fourth-order valence-electron chi connectivity index (χ4n) is 0.746. The highest BCUT2D eigenvalue weighted by molar-refractivity contribution is 7.80. The summed E-state index contributed by atoms with van der Waals surface area (Å²) in [6.45, 7) is 1.60. The van der Waals surface area contributed by atoms with Gasteiger partial charge in [0.25, 0.3) is 0 Å². The summed E-state index contributed by atoms with van der Waals surface area (Å²) < 4.78 is 39.0. The zero-order valence-corrected chi connectivity index (χ0v) is 8.54. The average molecular weight is 244 g/mol. The van der Waals surface area contributed by atoms with Crippen molar-refractivity contribution < 1.29 is 17.9 Å². The lowest BCUT2D eigenvalue weighted by molar-refractivity contribution is -0.277. The number of halogens is 4. The van der Waals surface area contributed by atoms with E-state index >= 15 is 0 Å². The van der Waals surface area contributed by atoms with E-state index in [9.17, 15) is 13.2 Å². The molecule has 0 aliphatic carbocycles. The molecule has 0 unspecified atom stereocenters. The molecule has 78 valence electrons. The lowest BCUT2D eigenvalue weighted by Crippen LogP contribution is -2.18. The Hall–Kier alpha value is -0.620. The average Bonchev–Trinajstić information content (AvgIpc) is 1.97. The SMILES string of the molecule is Cc1cc(S)c(OC(F)(F)F)nc1Cl. The highest BCUT2D eigenvalue weighted by atomic mass is 35.5. The first kappa shape index (κ1) is 11.5. The highest BCUT2D eigenvalue weighted by Gasteiger charge is 2.32. The monoisotopic (exact) mass is 243 g/mol. The molecule has 0 spiro atoms. The molecular weight excluding hydrogens is 239 g/mol. The first-order valence-electron chi connectivity index (χ1n) is 3.41. The van der Waals surface area contributed by atoms with Crippen LogP contribution in [0.4, 0.5) is 13.2 Å². The minimum absolute atomic E-state index is 0.00998. The molecule has 1 aromatic rings. The number of ether oxygens (including phenoxy) is 1. The third kappa shape index (κ3) is 2.95. The second kappa shape index (κ2) is 3.86. The van der Waals surface area contributed by atoms with Crippen molar-refractivity contribution in [3.8, 4) is 5.88 Å². The topological polar surface area (TPSA) is 22.1 Å². The molecule has 0 saturated heterocycles. The molecule has 0 aromatic carbocycles. The lowest BCUT2D eigenvalue weighted by atomic mass is 10.3. The summed E-state index contributed by atoms with van der Waals surface area (Å²) in [5.41, 5.74) is 0.534. The Morgan fingerprint density at radius 2 is 2.07 bits per heavy atom. The van der Waals surface area contributed by atoms with Crippen LogP contribution in [0.2, 0.25) is 5.15 Å². The number of hydrogen-bond donors (Lipinski definition) is 1. The maximum atomic E-state index is 11.8. The van der Waals surface area contributed by atoms with Crippen LogP contribution in [0.1, 0.15) is 5.56 Å². The van der Waals surface area contributed by atoms with Crippen molar-refractivity contribution >= 4 is 24.2 Å². The van der Waals surface area contributed by atoms with Gasteiger partial charge < -0.3 is 4.74 Å². The minimum Gasteiger partial charge on any atom is -0.387 e. The number of hydrogen-bond acceptors (Lipinski definition) is 3. The molecule has 0 aliphatic rings. The Bertz CT molecular complexity index is 356. The van der Waals surface area contributed by atoms with Gasteiger partial charge in [-0.2, -0.15) is 0 Å². The van der Waals surface area contributed by atoms with Crippen molar-refractivity contribution in [2.75, 3.05) is 0 Å². The largest absolute Gasteiger partial charge is 0.574 e. The van der Waals surface area contributed by atoms with Crippen molar-refractivity contribution in [3.63, 3.8) is 0 Å². The van der Waals surface area contributed by atoms with Crippen molar-refractivity contribution in [2.24, 2.45) is 0 Å². The molecule has 7 heteroatoms. The molecule has 0 radical (unpaired) electrons. The molecule has 2 nitrogen and oxygen atoms in total. The van der Waals surface area contributed by atoms with Gasteiger partial charge >= 0.3 is 6.36 Å². The summed E-state index contributed by atoms with van der Waals surface area (Å²) in [5, 5.41) is -0.0398. The second-order valence-corrected chi connectivity index (χ2v) is 3.31. The van der Waals surface area contributed by atoms with E-state index in [1.54, 1.807) is 6.92 Å². The van der Waals surface area contributed by atoms with E-state index in [0.29, 0.717) is 5.56 Å². The van der Waals surface area contributed by atoms with E-state index in [2.05, 4.69) is 22.3 Å². The van der Waals surface area contributed by atoms with Gasteiger partial charge in [-0.05, 0) is 18.6 Å². The summed E-state index contributed by atoms with van der Waals surface area (Å²) >= 11 is 9.30. The Balaban J connectivity index is 3.04. The standard InChI is InChI=1S/C7H5ClF3NOS/c1-3-2-4(14)6(12-5(3)8)13-7(9,10)11/h2,14H,1H3. The van der Waals surface area contributed by atoms with E-state index in [1.165, 1.54) is 6.07 Å². The van der Waals surface area contributed by atoms with Gasteiger partial charge in [0.05, 0.1) is 4.90 Å². The summed E-state index contributed by atoms with van der Waals surface area (Å²) in [7, 11) is 0. The van der Waals surface area contributed by atoms with Crippen LogP contribution in [0.15, 0.2) is 11.0 Å². The summed E-state index contributed by atoms with van der Waals surface area (Å²) in [5.74, 6) is -0.642. The fourth-order valence-corrected chi connectivity index (χ4v) is 1.17. The van der Waals surface area contributed by atoms with Crippen molar-refractivity contribution in [1.82, 2.24) is 4.98 Å². The van der Waals surface area contributed by atoms with Gasteiger partial charge in [-0.15, -0.1) is 25.8 Å². The zero-order valence-electron chi connectivity index (χ0n) is 6.89. The molecule has 1 heterocycles. The van der Waals surface area contributed by atoms with Crippen molar-refractivity contribution in [1.29, 1.82) is 0 Å². The smallest absolute Gasteiger partial charge is 0.387 e. The molecule has 0 aliphatic heterocycles. The summed E-state index contributed by atoms with van der Waals surface area (Å²) in [6, 6.07) is 1.35. The van der Waals surface area contributed by atoms with Crippen LogP contribution in [0.5, 0.6) is 5.88 Å². The number of aryl methyl sites for hydroxylation is 1. The molecule has 1 aromatic heterocycles. The molecule has 0 saturated carbocycles. The number of pyridine rings is 1. The third-order valence-corrected chi connectivity index (χ3v) is 2.01. The van der Waals surface area contributed by atoms with Crippen LogP contribution >= 0.6 is 24.2 Å². The third-order valence-electron chi connectivity index (χ3n) is 1.31. The number of thiol groups is 1. The Kier molecular flexibility index (Phi) is 3.16.